The summed E-state index contributed by atoms with van der Waals surface area (Å²) < 4.78 is 29.4. The van der Waals surface area contributed by atoms with Crippen LogP contribution in [0.15, 0.2) is 4.52 Å². The van der Waals surface area contributed by atoms with Gasteiger partial charge in [0.05, 0.1) is 6.26 Å². The van der Waals surface area contributed by atoms with Crippen molar-refractivity contribution in [2.24, 2.45) is 5.73 Å². The van der Waals surface area contributed by atoms with Crippen molar-refractivity contribution in [2.75, 3.05) is 25.9 Å². The first-order valence-corrected chi connectivity index (χ1v) is 7.83. The van der Waals surface area contributed by atoms with E-state index in [4.69, 9.17) is 10.3 Å². The molecule has 2 rings (SSSR count). The zero-order valence-electron chi connectivity index (χ0n) is 10.4. The lowest BCUT2D eigenvalue weighted by Crippen LogP contribution is -2.37. The second kappa shape index (κ2) is 5.33. The van der Waals surface area contributed by atoms with Crippen LogP contribution in [0.3, 0.4) is 0 Å². The van der Waals surface area contributed by atoms with Crippen LogP contribution in [0.5, 0.6) is 0 Å². The zero-order valence-corrected chi connectivity index (χ0v) is 11.2. The molecule has 18 heavy (non-hydrogen) atoms. The molecule has 0 saturated carbocycles. The Morgan fingerprint density at radius 2 is 2.11 bits per heavy atom. The highest BCUT2D eigenvalue weighted by atomic mass is 32.2. The first-order valence-electron chi connectivity index (χ1n) is 5.98. The summed E-state index contributed by atoms with van der Waals surface area (Å²) in [5, 5.41) is 3.85. The van der Waals surface area contributed by atoms with Gasteiger partial charge in [0.25, 0.3) is 0 Å². The minimum atomic E-state index is -3.08. The molecule has 1 aromatic heterocycles. The van der Waals surface area contributed by atoms with Crippen LogP contribution in [0, 0.1) is 0 Å². The Morgan fingerprint density at radius 3 is 2.67 bits per heavy atom. The number of nitrogens with zero attached hydrogens (tertiary/aromatic N) is 3. The molecule has 0 aromatic carbocycles. The quantitative estimate of drug-likeness (QED) is 0.809. The fraction of sp³-hybridized carbons (Fsp3) is 0.800. The van der Waals surface area contributed by atoms with Gasteiger partial charge in [-0.1, -0.05) is 5.16 Å². The zero-order chi connectivity index (χ0) is 13.2. The van der Waals surface area contributed by atoms with Gasteiger partial charge in [0.1, 0.15) is 0 Å². The molecule has 0 bridgehead atoms. The fourth-order valence-corrected chi connectivity index (χ4v) is 2.97. The standard InChI is InChI=1S/C10H18N4O3S/c1-18(15,16)14-6-3-8(4-7-14)10-12-9(2-5-11)13-17-10/h8H,2-7,11H2,1H3. The average molecular weight is 274 g/mol. The van der Waals surface area contributed by atoms with Crippen molar-refractivity contribution in [1.29, 1.82) is 0 Å². The SMILES string of the molecule is CS(=O)(=O)N1CCC(c2nc(CCN)no2)CC1. The predicted octanol–water partition coefficient (Wildman–Crippen LogP) is -0.290. The van der Waals surface area contributed by atoms with Crippen molar-refractivity contribution in [3.05, 3.63) is 11.7 Å². The summed E-state index contributed by atoms with van der Waals surface area (Å²) in [5.41, 5.74) is 5.42. The van der Waals surface area contributed by atoms with E-state index in [1.54, 1.807) is 0 Å². The van der Waals surface area contributed by atoms with E-state index in [2.05, 4.69) is 10.1 Å². The second-order valence-electron chi connectivity index (χ2n) is 4.52. The third-order valence-corrected chi connectivity index (χ3v) is 4.43. The Bertz CT molecular complexity index is 491. The third kappa shape index (κ3) is 3.06. The molecule has 0 atom stereocenters. The van der Waals surface area contributed by atoms with Crippen LogP contribution >= 0.6 is 0 Å². The largest absolute Gasteiger partial charge is 0.339 e. The Hall–Kier alpha value is -0.990. The van der Waals surface area contributed by atoms with E-state index in [0.29, 0.717) is 37.8 Å². The molecule has 2 N–H and O–H groups in total. The lowest BCUT2D eigenvalue weighted by Gasteiger charge is -2.28. The summed E-state index contributed by atoms with van der Waals surface area (Å²) in [5.74, 6) is 1.38. The van der Waals surface area contributed by atoms with Gasteiger partial charge in [-0.3, -0.25) is 0 Å². The summed E-state index contributed by atoms with van der Waals surface area (Å²) in [6.45, 7) is 1.52. The van der Waals surface area contributed by atoms with Gasteiger partial charge in [0.2, 0.25) is 15.9 Å². The predicted molar refractivity (Wildman–Crippen MR) is 65.4 cm³/mol. The summed E-state index contributed by atoms with van der Waals surface area (Å²) >= 11 is 0. The van der Waals surface area contributed by atoms with Gasteiger partial charge in [-0.15, -0.1) is 0 Å². The highest BCUT2D eigenvalue weighted by Gasteiger charge is 2.28. The molecule has 1 fully saturated rings. The van der Waals surface area contributed by atoms with Crippen molar-refractivity contribution in [2.45, 2.75) is 25.2 Å². The summed E-state index contributed by atoms with van der Waals surface area (Å²) in [7, 11) is -3.08. The van der Waals surface area contributed by atoms with Crippen LogP contribution in [-0.4, -0.2) is 48.8 Å². The van der Waals surface area contributed by atoms with Crippen molar-refractivity contribution in [3.63, 3.8) is 0 Å². The molecule has 0 aliphatic carbocycles. The molecule has 102 valence electrons. The number of sulfonamides is 1. The van der Waals surface area contributed by atoms with Crippen LogP contribution in [0.1, 0.15) is 30.5 Å². The molecule has 1 aliphatic rings. The molecule has 0 spiro atoms. The van der Waals surface area contributed by atoms with Crippen molar-refractivity contribution in [3.8, 4) is 0 Å². The van der Waals surface area contributed by atoms with Gasteiger partial charge < -0.3 is 10.3 Å². The van der Waals surface area contributed by atoms with Crippen molar-refractivity contribution >= 4 is 10.0 Å². The van der Waals surface area contributed by atoms with E-state index >= 15 is 0 Å². The number of rotatable bonds is 4. The van der Waals surface area contributed by atoms with Gasteiger partial charge in [0, 0.05) is 25.4 Å². The first-order chi connectivity index (χ1) is 8.50. The van der Waals surface area contributed by atoms with E-state index in [-0.39, 0.29) is 5.92 Å². The molecule has 1 aromatic rings. The number of aromatic nitrogens is 2. The summed E-state index contributed by atoms with van der Waals surface area (Å²) in [6, 6.07) is 0. The Morgan fingerprint density at radius 1 is 1.44 bits per heavy atom. The van der Waals surface area contributed by atoms with E-state index in [0.717, 1.165) is 12.8 Å². The first kappa shape index (κ1) is 13.4. The van der Waals surface area contributed by atoms with Crippen LogP contribution in [0.2, 0.25) is 0 Å². The fourth-order valence-electron chi connectivity index (χ4n) is 2.10. The second-order valence-corrected chi connectivity index (χ2v) is 6.51. The Kier molecular flexibility index (Phi) is 3.98. The minimum Gasteiger partial charge on any atom is -0.339 e. The molecular formula is C10H18N4O3S. The molecule has 8 heteroatoms. The maximum absolute atomic E-state index is 11.4. The van der Waals surface area contributed by atoms with Crippen LogP contribution in [0.25, 0.3) is 0 Å². The molecule has 1 aliphatic heterocycles. The minimum absolute atomic E-state index is 0.155. The maximum atomic E-state index is 11.4. The normalized spacial score (nSPS) is 19.2. The Balaban J connectivity index is 1.96. The molecule has 2 heterocycles. The van der Waals surface area contributed by atoms with Crippen molar-refractivity contribution < 1.29 is 12.9 Å². The molecule has 1 saturated heterocycles. The molecular weight excluding hydrogens is 256 g/mol. The van der Waals surface area contributed by atoms with Crippen LogP contribution < -0.4 is 5.73 Å². The monoisotopic (exact) mass is 274 g/mol. The van der Waals surface area contributed by atoms with Gasteiger partial charge >= 0.3 is 0 Å². The van der Waals surface area contributed by atoms with Gasteiger partial charge in [-0.05, 0) is 19.4 Å². The highest BCUT2D eigenvalue weighted by Crippen LogP contribution is 2.27. The average Bonchev–Trinajstić information content (AvgIpc) is 2.77. The van der Waals surface area contributed by atoms with Gasteiger partial charge in [-0.2, -0.15) is 4.98 Å². The summed E-state index contributed by atoms with van der Waals surface area (Å²) in [4.78, 5) is 4.29. The highest BCUT2D eigenvalue weighted by molar-refractivity contribution is 7.88. The number of nitrogens with two attached hydrogens (primary N) is 1. The third-order valence-electron chi connectivity index (χ3n) is 3.12. The molecule has 0 unspecified atom stereocenters. The van der Waals surface area contributed by atoms with E-state index in [1.165, 1.54) is 10.6 Å². The van der Waals surface area contributed by atoms with Crippen LogP contribution in [0.4, 0.5) is 0 Å². The molecule has 0 radical (unpaired) electrons. The lowest BCUT2D eigenvalue weighted by atomic mass is 9.98. The van der Waals surface area contributed by atoms with Crippen molar-refractivity contribution in [1.82, 2.24) is 14.4 Å². The van der Waals surface area contributed by atoms with Gasteiger partial charge in [0.15, 0.2) is 5.82 Å². The van der Waals surface area contributed by atoms with E-state index < -0.39 is 10.0 Å². The topological polar surface area (TPSA) is 102 Å². The van der Waals surface area contributed by atoms with E-state index in [9.17, 15) is 8.42 Å². The molecule has 7 nitrogen and oxygen atoms in total. The number of hydrogen-bond acceptors (Lipinski definition) is 6. The van der Waals surface area contributed by atoms with Crippen LogP contribution in [-0.2, 0) is 16.4 Å². The maximum Gasteiger partial charge on any atom is 0.229 e. The lowest BCUT2D eigenvalue weighted by molar-refractivity contribution is 0.271. The van der Waals surface area contributed by atoms with E-state index in [1.807, 2.05) is 0 Å². The summed E-state index contributed by atoms with van der Waals surface area (Å²) in [6.07, 6.45) is 3.28. The number of hydrogen-bond donors (Lipinski definition) is 1. The van der Waals surface area contributed by atoms with Gasteiger partial charge in [-0.25, -0.2) is 12.7 Å². The Labute approximate surface area is 106 Å². The smallest absolute Gasteiger partial charge is 0.229 e. The molecule has 0 amide bonds. The number of piperidine rings is 1.